The number of carbonyl (C=O) groups is 1. The second-order valence-electron chi connectivity index (χ2n) is 7.26. The lowest BCUT2D eigenvalue weighted by molar-refractivity contribution is -0.147. The van der Waals surface area contributed by atoms with Gasteiger partial charge in [-0.05, 0) is 18.6 Å². The Labute approximate surface area is 165 Å². The van der Waals surface area contributed by atoms with E-state index in [9.17, 15) is 18.0 Å². The highest BCUT2D eigenvalue weighted by atomic mass is 32.2. The second kappa shape index (κ2) is 6.95. The van der Waals surface area contributed by atoms with Crippen molar-refractivity contribution in [3.05, 3.63) is 47.4 Å². The molecular weight excluding hydrogens is 389 g/mol. The first kappa shape index (κ1) is 20.4. The molecule has 1 aliphatic rings. The molecule has 0 N–H and O–H groups in total. The van der Waals surface area contributed by atoms with Gasteiger partial charge >= 0.3 is 6.18 Å². The van der Waals surface area contributed by atoms with Gasteiger partial charge in [0.15, 0.2) is 10.9 Å². The standard InChI is InChI=1S/C19H21F3N4OS/c1-11(28-17-24-23-16(26(17)5)19(20,21)22)14(27)10-15-18(2,3)12-8-6-7-9-13(12)25(15)4/h6-11H,1-5H3/b15-10-. The number of hydrogen-bond donors (Lipinski definition) is 0. The van der Waals surface area contributed by atoms with Gasteiger partial charge in [0, 0.05) is 37.0 Å². The van der Waals surface area contributed by atoms with Crippen LogP contribution in [0, 0.1) is 0 Å². The summed E-state index contributed by atoms with van der Waals surface area (Å²) in [5.74, 6) is -1.27. The van der Waals surface area contributed by atoms with Crippen molar-refractivity contribution in [2.75, 3.05) is 11.9 Å². The third-order valence-electron chi connectivity index (χ3n) is 4.99. The Morgan fingerprint density at radius 2 is 1.86 bits per heavy atom. The average molecular weight is 410 g/mol. The summed E-state index contributed by atoms with van der Waals surface area (Å²) >= 11 is 0.961. The zero-order valence-electron chi connectivity index (χ0n) is 16.2. The number of hydrogen-bond acceptors (Lipinski definition) is 5. The minimum absolute atomic E-state index is 0.0499. The van der Waals surface area contributed by atoms with Gasteiger partial charge in [-0.3, -0.25) is 4.79 Å². The van der Waals surface area contributed by atoms with E-state index in [0.717, 1.165) is 33.3 Å². The van der Waals surface area contributed by atoms with E-state index in [2.05, 4.69) is 10.2 Å². The van der Waals surface area contributed by atoms with E-state index in [-0.39, 0.29) is 16.4 Å². The molecule has 0 aliphatic carbocycles. The minimum Gasteiger partial charge on any atom is -0.347 e. The fraction of sp³-hybridized carbons (Fsp3) is 0.421. The van der Waals surface area contributed by atoms with E-state index in [1.165, 1.54) is 7.05 Å². The fourth-order valence-electron chi connectivity index (χ4n) is 3.39. The number of aromatic nitrogens is 3. The van der Waals surface area contributed by atoms with Gasteiger partial charge in [-0.25, -0.2) is 0 Å². The highest BCUT2D eigenvalue weighted by Gasteiger charge is 2.40. The summed E-state index contributed by atoms with van der Waals surface area (Å²) in [5.41, 5.74) is 2.66. The number of nitrogens with zero attached hydrogens (tertiary/aromatic N) is 4. The predicted molar refractivity (Wildman–Crippen MR) is 102 cm³/mol. The minimum atomic E-state index is -4.59. The molecule has 150 valence electrons. The monoisotopic (exact) mass is 410 g/mol. The van der Waals surface area contributed by atoms with Crippen molar-refractivity contribution in [2.45, 2.75) is 42.8 Å². The number of halogens is 3. The summed E-state index contributed by atoms with van der Waals surface area (Å²) in [6.07, 6.45) is -3.00. The Kier molecular flexibility index (Phi) is 5.07. The van der Waals surface area contributed by atoms with E-state index in [4.69, 9.17) is 0 Å². The van der Waals surface area contributed by atoms with Crippen molar-refractivity contribution in [1.82, 2.24) is 14.8 Å². The van der Waals surface area contributed by atoms with Crippen molar-refractivity contribution in [1.29, 1.82) is 0 Å². The molecular formula is C19H21F3N4OS. The summed E-state index contributed by atoms with van der Waals surface area (Å²) in [4.78, 5) is 14.8. The average Bonchev–Trinajstić information content (AvgIpc) is 3.06. The Hall–Kier alpha value is -2.29. The molecule has 28 heavy (non-hydrogen) atoms. The maximum absolute atomic E-state index is 12.9. The molecule has 2 aromatic rings. The van der Waals surface area contributed by atoms with Gasteiger partial charge in [0.25, 0.3) is 0 Å². The number of allylic oxidation sites excluding steroid dienone is 2. The molecule has 9 heteroatoms. The van der Waals surface area contributed by atoms with Gasteiger partial charge in [0.05, 0.1) is 5.25 Å². The van der Waals surface area contributed by atoms with E-state index >= 15 is 0 Å². The fourth-order valence-corrected chi connectivity index (χ4v) is 4.22. The molecule has 0 fully saturated rings. The lowest BCUT2D eigenvalue weighted by atomic mass is 9.83. The van der Waals surface area contributed by atoms with Crippen LogP contribution in [0.5, 0.6) is 0 Å². The van der Waals surface area contributed by atoms with Gasteiger partial charge < -0.3 is 9.47 Å². The number of anilines is 1. The summed E-state index contributed by atoms with van der Waals surface area (Å²) in [5, 5.41) is 6.22. The van der Waals surface area contributed by atoms with Gasteiger partial charge in [-0.1, -0.05) is 43.8 Å². The van der Waals surface area contributed by atoms with Gasteiger partial charge in [-0.15, -0.1) is 10.2 Å². The first-order valence-electron chi connectivity index (χ1n) is 8.67. The molecule has 0 amide bonds. The topological polar surface area (TPSA) is 51.0 Å². The number of thioether (sulfide) groups is 1. The molecule has 3 rings (SSSR count). The largest absolute Gasteiger partial charge is 0.451 e. The molecule has 1 aromatic heterocycles. The van der Waals surface area contributed by atoms with Gasteiger partial charge in [0.2, 0.25) is 5.82 Å². The lowest BCUT2D eigenvalue weighted by Gasteiger charge is -2.24. The van der Waals surface area contributed by atoms with E-state index < -0.39 is 17.3 Å². The van der Waals surface area contributed by atoms with Crippen molar-refractivity contribution in [3.63, 3.8) is 0 Å². The Balaban J connectivity index is 1.83. The molecule has 1 aromatic carbocycles. The third-order valence-corrected chi connectivity index (χ3v) is 6.14. The molecule has 0 saturated heterocycles. The normalized spacial score (nSPS) is 18.4. The lowest BCUT2D eigenvalue weighted by Crippen LogP contribution is -2.25. The van der Waals surface area contributed by atoms with Crippen LogP contribution in [-0.4, -0.2) is 32.8 Å². The Morgan fingerprint density at radius 1 is 1.21 bits per heavy atom. The highest BCUT2D eigenvalue weighted by Crippen LogP contribution is 2.46. The number of likely N-dealkylation sites (N-methyl/N-ethyl adjacent to an activating group) is 1. The molecule has 1 unspecified atom stereocenters. The Bertz CT molecular complexity index is 949. The van der Waals surface area contributed by atoms with E-state index in [1.54, 1.807) is 13.0 Å². The van der Waals surface area contributed by atoms with Crippen LogP contribution in [0.1, 0.15) is 32.2 Å². The SMILES string of the molecule is CC(Sc1nnc(C(F)(F)F)n1C)C(=O)/C=C1\N(C)c2ccccc2C1(C)C. The number of rotatable bonds is 4. The van der Waals surface area contributed by atoms with Crippen LogP contribution in [0.4, 0.5) is 18.9 Å². The van der Waals surface area contributed by atoms with Crippen LogP contribution < -0.4 is 4.90 Å². The van der Waals surface area contributed by atoms with Crippen LogP contribution in [0.25, 0.3) is 0 Å². The van der Waals surface area contributed by atoms with Crippen molar-refractivity contribution in [3.8, 4) is 0 Å². The molecule has 1 atom stereocenters. The zero-order valence-corrected chi connectivity index (χ0v) is 17.0. The number of alkyl halides is 3. The van der Waals surface area contributed by atoms with Crippen molar-refractivity contribution < 1.29 is 18.0 Å². The highest BCUT2D eigenvalue weighted by molar-refractivity contribution is 8.00. The van der Waals surface area contributed by atoms with Crippen LogP contribution in [0.3, 0.4) is 0 Å². The summed E-state index contributed by atoms with van der Waals surface area (Å²) in [7, 11) is 3.15. The van der Waals surface area contributed by atoms with Crippen molar-refractivity contribution in [2.24, 2.45) is 7.05 Å². The molecule has 2 heterocycles. The van der Waals surface area contributed by atoms with Crippen LogP contribution in [-0.2, 0) is 23.4 Å². The predicted octanol–water partition coefficient (Wildman–Crippen LogP) is 4.20. The van der Waals surface area contributed by atoms with Crippen LogP contribution in [0.2, 0.25) is 0 Å². The summed E-state index contributed by atoms with van der Waals surface area (Å²) in [6.45, 7) is 5.75. The molecule has 0 saturated carbocycles. The zero-order chi connectivity index (χ0) is 20.9. The molecule has 5 nitrogen and oxygen atoms in total. The number of ketones is 1. The first-order chi connectivity index (χ1) is 12.9. The first-order valence-corrected chi connectivity index (χ1v) is 9.55. The van der Waals surface area contributed by atoms with Crippen LogP contribution in [0.15, 0.2) is 41.2 Å². The molecule has 0 spiro atoms. The van der Waals surface area contributed by atoms with E-state index in [1.807, 2.05) is 50.1 Å². The number of fused-ring (bicyclic) bond motifs is 1. The smallest absolute Gasteiger partial charge is 0.347 e. The summed E-state index contributed by atoms with van der Waals surface area (Å²) < 4.78 is 39.5. The third kappa shape index (κ3) is 3.43. The quantitative estimate of drug-likeness (QED) is 0.559. The molecule has 1 aliphatic heterocycles. The number of benzene rings is 1. The Morgan fingerprint density at radius 3 is 2.43 bits per heavy atom. The number of para-hydroxylation sites is 1. The van der Waals surface area contributed by atoms with Crippen LogP contribution >= 0.6 is 11.8 Å². The molecule has 0 bridgehead atoms. The van der Waals surface area contributed by atoms with Crippen molar-refractivity contribution >= 4 is 23.2 Å². The van der Waals surface area contributed by atoms with Gasteiger partial charge in [0.1, 0.15) is 0 Å². The summed E-state index contributed by atoms with van der Waals surface area (Å²) in [6, 6.07) is 7.94. The second-order valence-corrected chi connectivity index (χ2v) is 8.56. The maximum Gasteiger partial charge on any atom is 0.451 e. The molecule has 0 radical (unpaired) electrons. The number of carbonyl (C=O) groups excluding carboxylic acids is 1. The van der Waals surface area contributed by atoms with Gasteiger partial charge in [-0.2, -0.15) is 13.2 Å². The maximum atomic E-state index is 12.9. The van der Waals surface area contributed by atoms with E-state index in [0.29, 0.717) is 0 Å².